The highest BCUT2D eigenvalue weighted by Gasteiger charge is 2.15. The summed E-state index contributed by atoms with van der Waals surface area (Å²) in [7, 11) is 0. The quantitative estimate of drug-likeness (QED) is 0.476. The van der Waals surface area contributed by atoms with Crippen LogP contribution in [-0.2, 0) is 0 Å². The van der Waals surface area contributed by atoms with E-state index in [1.165, 1.54) is 11.3 Å². The largest absolute Gasteiger partial charge is 0.493 e. The van der Waals surface area contributed by atoms with Crippen molar-refractivity contribution in [3.63, 3.8) is 0 Å². The summed E-state index contributed by atoms with van der Waals surface area (Å²) in [4.78, 5) is 17.5. The summed E-state index contributed by atoms with van der Waals surface area (Å²) in [6.07, 6.45) is 0. The second-order valence-electron chi connectivity index (χ2n) is 5.22. The van der Waals surface area contributed by atoms with E-state index in [4.69, 9.17) is 4.74 Å². The van der Waals surface area contributed by atoms with Gasteiger partial charge in [-0.3, -0.25) is 4.79 Å². The molecule has 1 N–H and O–H groups in total. The van der Waals surface area contributed by atoms with Gasteiger partial charge in [-0.1, -0.05) is 48.2 Å². The molecule has 3 aromatic rings. The number of ether oxygens (including phenoxy) is 1. The van der Waals surface area contributed by atoms with E-state index in [9.17, 15) is 4.79 Å². The minimum Gasteiger partial charge on any atom is -0.493 e. The summed E-state index contributed by atoms with van der Waals surface area (Å²) in [5.74, 6) is 1.52. The molecule has 1 amide bonds. The highest BCUT2D eigenvalue weighted by molar-refractivity contribution is 8.01. The van der Waals surface area contributed by atoms with Gasteiger partial charge in [-0.2, -0.15) is 0 Å². The first-order chi connectivity index (χ1) is 12.2. The SMILES string of the molecule is Cc1nc(SCCOc2ccccc2)sc1C(=O)Nc1ccccc1. The van der Waals surface area contributed by atoms with Crippen LogP contribution in [0, 0.1) is 6.92 Å². The molecule has 25 heavy (non-hydrogen) atoms. The number of hydrogen-bond acceptors (Lipinski definition) is 5. The van der Waals surface area contributed by atoms with Crippen LogP contribution in [-0.4, -0.2) is 23.3 Å². The number of amides is 1. The molecule has 0 aliphatic rings. The van der Waals surface area contributed by atoms with Gasteiger partial charge in [0.2, 0.25) is 0 Å². The average molecular weight is 370 g/mol. The Morgan fingerprint density at radius 3 is 2.52 bits per heavy atom. The maximum absolute atomic E-state index is 12.4. The zero-order chi connectivity index (χ0) is 17.5. The molecule has 6 heteroatoms. The highest BCUT2D eigenvalue weighted by Crippen LogP contribution is 2.28. The lowest BCUT2D eigenvalue weighted by atomic mass is 10.3. The summed E-state index contributed by atoms with van der Waals surface area (Å²) in [5.41, 5.74) is 1.54. The monoisotopic (exact) mass is 370 g/mol. The fraction of sp³-hybridized carbons (Fsp3) is 0.158. The minimum atomic E-state index is -0.117. The maximum atomic E-state index is 12.4. The smallest absolute Gasteiger partial charge is 0.267 e. The molecular formula is C19H18N2O2S2. The normalized spacial score (nSPS) is 10.4. The van der Waals surface area contributed by atoms with Crippen LogP contribution in [0.3, 0.4) is 0 Å². The molecule has 0 atom stereocenters. The molecule has 1 heterocycles. The Balaban J connectivity index is 1.52. The Bertz CT molecular complexity index is 820. The Morgan fingerprint density at radius 1 is 1.12 bits per heavy atom. The highest BCUT2D eigenvalue weighted by atomic mass is 32.2. The van der Waals surface area contributed by atoms with Crippen molar-refractivity contribution < 1.29 is 9.53 Å². The number of nitrogens with zero attached hydrogens (tertiary/aromatic N) is 1. The Morgan fingerprint density at radius 2 is 1.80 bits per heavy atom. The third kappa shape index (κ3) is 5.08. The van der Waals surface area contributed by atoms with Gasteiger partial charge in [0.25, 0.3) is 5.91 Å². The van der Waals surface area contributed by atoms with E-state index < -0.39 is 0 Å². The number of aryl methyl sites for hydroxylation is 1. The zero-order valence-electron chi connectivity index (χ0n) is 13.8. The Kier molecular flexibility index (Phi) is 6.09. The van der Waals surface area contributed by atoms with Crippen molar-refractivity contribution in [2.45, 2.75) is 11.3 Å². The number of thiazole rings is 1. The topological polar surface area (TPSA) is 51.2 Å². The minimum absolute atomic E-state index is 0.117. The number of anilines is 1. The number of nitrogens with one attached hydrogen (secondary N) is 1. The third-order valence-electron chi connectivity index (χ3n) is 3.34. The van der Waals surface area contributed by atoms with E-state index in [1.54, 1.807) is 11.8 Å². The van der Waals surface area contributed by atoms with Crippen molar-refractivity contribution in [2.75, 3.05) is 17.7 Å². The standard InChI is InChI=1S/C19H18N2O2S2/c1-14-17(18(22)21-15-8-4-2-5-9-15)25-19(20-14)24-13-12-23-16-10-6-3-7-11-16/h2-11H,12-13H2,1H3,(H,21,22). The second kappa shape index (κ2) is 8.69. The molecule has 0 saturated carbocycles. The van der Waals surface area contributed by atoms with Gasteiger partial charge in [-0.25, -0.2) is 4.98 Å². The summed E-state index contributed by atoms with van der Waals surface area (Å²) < 4.78 is 6.55. The van der Waals surface area contributed by atoms with Crippen molar-refractivity contribution >= 4 is 34.7 Å². The zero-order valence-corrected chi connectivity index (χ0v) is 15.4. The molecule has 0 unspecified atom stereocenters. The van der Waals surface area contributed by atoms with Gasteiger partial charge < -0.3 is 10.1 Å². The summed E-state index contributed by atoms with van der Waals surface area (Å²) in [6, 6.07) is 19.2. The van der Waals surface area contributed by atoms with E-state index in [0.717, 1.165) is 27.2 Å². The van der Waals surface area contributed by atoms with Gasteiger partial charge in [-0.15, -0.1) is 11.3 Å². The van der Waals surface area contributed by atoms with Crippen LogP contribution in [0.15, 0.2) is 65.0 Å². The number of thioether (sulfide) groups is 1. The average Bonchev–Trinajstić information content (AvgIpc) is 3.01. The maximum Gasteiger partial charge on any atom is 0.267 e. The first-order valence-corrected chi connectivity index (χ1v) is 9.67. The van der Waals surface area contributed by atoms with Crippen molar-refractivity contribution in [3.05, 3.63) is 71.2 Å². The van der Waals surface area contributed by atoms with E-state index in [-0.39, 0.29) is 5.91 Å². The fourth-order valence-corrected chi connectivity index (χ4v) is 4.13. The number of para-hydroxylation sites is 2. The number of rotatable bonds is 7. The van der Waals surface area contributed by atoms with Gasteiger partial charge in [0, 0.05) is 11.4 Å². The lowest BCUT2D eigenvalue weighted by molar-refractivity contribution is 0.103. The predicted molar refractivity (Wildman–Crippen MR) is 104 cm³/mol. The van der Waals surface area contributed by atoms with Gasteiger partial charge in [-0.05, 0) is 31.2 Å². The molecule has 0 saturated heterocycles. The van der Waals surface area contributed by atoms with Crippen LogP contribution in [0.4, 0.5) is 5.69 Å². The fourth-order valence-electron chi connectivity index (χ4n) is 2.16. The molecule has 1 aromatic heterocycles. The molecule has 0 aliphatic carbocycles. The molecule has 0 bridgehead atoms. The summed E-state index contributed by atoms with van der Waals surface area (Å²) >= 11 is 3.02. The number of aromatic nitrogens is 1. The van der Waals surface area contributed by atoms with Crippen LogP contribution >= 0.6 is 23.1 Å². The number of carbonyl (C=O) groups is 1. The van der Waals surface area contributed by atoms with Gasteiger partial charge >= 0.3 is 0 Å². The van der Waals surface area contributed by atoms with E-state index >= 15 is 0 Å². The number of hydrogen-bond donors (Lipinski definition) is 1. The molecule has 0 fully saturated rings. The molecule has 3 rings (SSSR count). The van der Waals surface area contributed by atoms with E-state index in [1.807, 2.05) is 67.6 Å². The second-order valence-corrected chi connectivity index (χ2v) is 7.57. The Hall–Kier alpha value is -2.31. The van der Waals surface area contributed by atoms with Gasteiger partial charge in [0.05, 0.1) is 12.3 Å². The molecule has 2 aromatic carbocycles. The number of carbonyl (C=O) groups excluding carboxylic acids is 1. The van der Waals surface area contributed by atoms with Gasteiger partial charge in [0.1, 0.15) is 10.6 Å². The van der Waals surface area contributed by atoms with Crippen molar-refractivity contribution in [3.8, 4) is 5.75 Å². The lowest BCUT2D eigenvalue weighted by Crippen LogP contribution is -2.11. The third-order valence-corrected chi connectivity index (χ3v) is 5.60. The Labute approximate surface area is 155 Å². The molecule has 0 aliphatic heterocycles. The molecule has 0 spiro atoms. The molecule has 4 nitrogen and oxygen atoms in total. The van der Waals surface area contributed by atoms with E-state index in [2.05, 4.69) is 10.3 Å². The molecule has 128 valence electrons. The van der Waals surface area contributed by atoms with Crippen molar-refractivity contribution in [1.82, 2.24) is 4.98 Å². The lowest BCUT2D eigenvalue weighted by Gasteiger charge is -2.04. The van der Waals surface area contributed by atoms with Crippen LogP contribution in [0.25, 0.3) is 0 Å². The van der Waals surface area contributed by atoms with Gasteiger partial charge in [0.15, 0.2) is 4.34 Å². The first-order valence-electron chi connectivity index (χ1n) is 7.87. The van der Waals surface area contributed by atoms with Crippen molar-refractivity contribution in [1.29, 1.82) is 0 Å². The van der Waals surface area contributed by atoms with Crippen molar-refractivity contribution in [2.24, 2.45) is 0 Å². The first kappa shape index (κ1) is 17.5. The van der Waals surface area contributed by atoms with E-state index in [0.29, 0.717) is 11.5 Å². The summed E-state index contributed by atoms with van der Waals surface area (Å²) in [5, 5.41) is 2.90. The molecule has 0 radical (unpaired) electrons. The van der Waals surface area contributed by atoms with Crippen LogP contribution in [0.2, 0.25) is 0 Å². The molecular weight excluding hydrogens is 352 g/mol. The predicted octanol–water partition coefficient (Wildman–Crippen LogP) is 4.87. The summed E-state index contributed by atoms with van der Waals surface area (Å²) in [6.45, 7) is 2.46. The number of benzene rings is 2. The van der Waals surface area contributed by atoms with Crippen LogP contribution in [0.5, 0.6) is 5.75 Å². The van der Waals surface area contributed by atoms with Crippen LogP contribution in [0.1, 0.15) is 15.4 Å². The van der Waals surface area contributed by atoms with Crippen LogP contribution < -0.4 is 10.1 Å².